The third-order valence-electron chi connectivity index (χ3n) is 6.71. The number of carbonyl (C=O) groups is 4. The summed E-state index contributed by atoms with van der Waals surface area (Å²) in [5.74, 6) is 0.0310. The van der Waals surface area contributed by atoms with Crippen LogP contribution in [0.2, 0.25) is 10.0 Å². The van der Waals surface area contributed by atoms with Crippen LogP contribution >= 0.6 is 23.2 Å². The second-order valence-corrected chi connectivity index (χ2v) is 10.3. The van der Waals surface area contributed by atoms with Gasteiger partial charge in [-0.05, 0) is 47.5 Å². The summed E-state index contributed by atoms with van der Waals surface area (Å²) in [5.41, 5.74) is 8.46. The molecule has 0 atom stereocenters. The monoisotopic (exact) mass is 583 g/mol. The zero-order valence-corrected chi connectivity index (χ0v) is 23.0. The van der Waals surface area contributed by atoms with Gasteiger partial charge in [-0.15, -0.1) is 0 Å². The van der Waals surface area contributed by atoms with E-state index >= 15 is 0 Å². The molecule has 0 saturated heterocycles. The van der Waals surface area contributed by atoms with E-state index in [1.54, 1.807) is 46.2 Å². The molecule has 208 valence electrons. The summed E-state index contributed by atoms with van der Waals surface area (Å²) in [6.45, 7) is 2.75. The number of nitrogens with zero attached hydrogens (tertiary/aromatic N) is 4. The number of hydrogen-bond donors (Lipinski definition) is 3. The first-order chi connectivity index (χ1) is 19.3. The number of halogens is 2. The summed E-state index contributed by atoms with van der Waals surface area (Å²) >= 11 is 11.8. The van der Waals surface area contributed by atoms with Crippen molar-refractivity contribution in [1.82, 2.24) is 21.1 Å². The van der Waals surface area contributed by atoms with Crippen LogP contribution in [0.25, 0.3) is 0 Å². The number of hydrogen-bond acceptors (Lipinski definition) is 7. The summed E-state index contributed by atoms with van der Waals surface area (Å²) in [7, 11) is 0. The van der Waals surface area contributed by atoms with Crippen molar-refractivity contribution >= 4 is 64.2 Å². The van der Waals surface area contributed by atoms with E-state index in [1.807, 2.05) is 12.2 Å². The van der Waals surface area contributed by atoms with Crippen molar-refractivity contribution in [2.75, 3.05) is 49.1 Å². The molecule has 0 aliphatic carbocycles. The van der Waals surface area contributed by atoms with Crippen LogP contribution in [0.3, 0.4) is 0 Å². The standard InChI is InChI=1S/C14H13ClN2O2.C13H14ClN5O2/c15-11-3-4-12-10(7-11)8-13(18)17(12)9-14(19)16-5-1-2-6-16;14-9-1-2-10-8(5-9)6-12(21)19(10)7-11(20)17-18-13-15-3-4-16-13/h1-4,7H,5-6,8-9H2;1-2,5H,3-4,6-7H2,(H,17,20)(H2,15,16,18). The predicted molar refractivity (Wildman–Crippen MR) is 152 cm³/mol. The minimum absolute atomic E-state index is 0.0267. The van der Waals surface area contributed by atoms with Crippen molar-refractivity contribution in [3.63, 3.8) is 0 Å². The highest BCUT2D eigenvalue weighted by atomic mass is 35.5. The van der Waals surface area contributed by atoms with Gasteiger partial charge in [0.15, 0.2) is 0 Å². The lowest BCUT2D eigenvalue weighted by molar-refractivity contribution is -0.130. The SMILES string of the molecule is O=C(CN1C(=O)Cc2cc(Cl)ccc21)N1CC=CC1.O=C(CN1C(=O)Cc2cc(Cl)ccc21)NNC1=NCCN1. The molecule has 0 unspecified atom stereocenters. The fourth-order valence-electron chi connectivity index (χ4n) is 4.76. The molecule has 0 spiro atoms. The number of carbonyl (C=O) groups excluding carboxylic acids is 4. The predicted octanol–water partition coefficient (Wildman–Crippen LogP) is 1.44. The quantitative estimate of drug-likeness (QED) is 0.369. The first-order valence-corrected chi connectivity index (χ1v) is 13.5. The summed E-state index contributed by atoms with van der Waals surface area (Å²) in [5, 5.41) is 4.16. The summed E-state index contributed by atoms with van der Waals surface area (Å²) in [4.78, 5) is 56.8. The molecule has 0 aromatic heterocycles. The Bertz CT molecular complexity index is 1420. The van der Waals surface area contributed by atoms with Crippen molar-refractivity contribution in [2.24, 2.45) is 4.99 Å². The smallest absolute Gasteiger partial charge is 0.258 e. The maximum atomic E-state index is 12.1. The number of rotatable bonds is 4. The molecular formula is C27H27Cl2N7O4. The summed E-state index contributed by atoms with van der Waals surface area (Å²) in [6.07, 6.45) is 4.50. The lowest BCUT2D eigenvalue weighted by Crippen LogP contribution is -2.49. The molecule has 4 amide bonds. The summed E-state index contributed by atoms with van der Waals surface area (Å²) < 4.78 is 0. The van der Waals surface area contributed by atoms with E-state index in [9.17, 15) is 19.2 Å². The first kappa shape index (κ1) is 27.5. The molecule has 11 nitrogen and oxygen atoms in total. The normalized spacial score (nSPS) is 16.8. The lowest BCUT2D eigenvalue weighted by Gasteiger charge is -2.21. The molecule has 4 heterocycles. The van der Waals surface area contributed by atoms with Crippen molar-refractivity contribution < 1.29 is 19.2 Å². The highest BCUT2D eigenvalue weighted by Crippen LogP contribution is 2.32. The second-order valence-electron chi connectivity index (χ2n) is 9.46. The highest BCUT2D eigenvalue weighted by molar-refractivity contribution is 6.31. The topological polar surface area (TPSA) is 126 Å². The average Bonchev–Trinajstić information content (AvgIpc) is 3.72. The van der Waals surface area contributed by atoms with Crippen LogP contribution in [0.5, 0.6) is 0 Å². The molecule has 2 aromatic carbocycles. The van der Waals surface area contributed by atoms with E-state index in [0.29, 0.717) is 42.1 Å². The number of fused-ring (bicyclic) bond motifs is 2. The molecule has 13 heteroatoms. The van der Waals surface area contributed by atoms with Gasteiger partial charge in [-0.1, -0.05) is 35.4 Å². The maximum Gasteiger partial charge on any atom is 0.258 e. The van der Waals surface area contributed by atoms with Crippen LogP contribution < -0.4 is 26.0 Å². The van der Waals surface area contributed by atoms with Crippen LogP contribution in [-0.2, 0) is 32.0 Å². The minimum atomic E-state index is -0.317. The van der Waals surface area contributed by atoms with Gasteiger partial charge in [0.25, 0.3) is 5.91 Å². The number of benzene rings is 2. The number of amides is 4. The van der Waals surface area contributed by atoms with Gasteiger partial charge in [0, 0.05) is 41.1 Å². The van der Waals surface area contributed by atoms with Crippen LogP contribution in [0.15, 0.2) is 53.5 Å². The highest BCUT2D eigenvalue weighted by Gasteiger charge is 2.31. The lowest BCUT2D eigenvalue weighted by atomic mass is 10.2. The van der Waals surface area contributed by atoms with Gasteiger partial charge >= 0.3 is 0 Å². The molecule has 0 fully saturated rings. The van der Waals surface area contributed by atoms with E-state index in [1.165, 1.54) is 4.90 Å². The molecule has 2 aromatic rings. The summed E-state index contributed by atoms with van der Waals surface area (Å²) in [6, 6.07) is 10.6. The fourth-order valence-corrected chi connectivity index (χ4v) is 5.15. The van der Waals surface area contributed by atoms with Crippen LogP contribution in [0, 0.1) is 0 Å². The molecule has 4 aliphatic rings. The zero-order chi connectivity index (χ0) is 28.2. The van der Waals surface area contributed by atoms with Crippen molar-refractivity contribution in [3.8, 4) is 0 Å². The van der Waals surface area contributed by atoms with E-state index in [2.05, 4.69) is 21.2 Å². The van der Waals surface area contributed by atoms with E-state index < -0.39 is 0 Å². The Morgan fingerprint density at radius 3 is 2.00 bits per heavy atom. The van der Waals surface area contributed by atoms with Gasteiger partial charge in [0.1, 0.15) is 13.1 Å². The Balaban J connectivity index is 0.000000162. The Morgan fingerprint density at radius 2 is 1.45 bits per heavy atom. The molecule has 4 aliphatic heterocycles. The molecule has 0 saturated carbocycles. The first-order valence-electron chi connectivity index (χ1n) is 12.7. The molecule has 6 rings (SSSR count). The molecule has 3 N–H and O–H groups in total. The number of hydrazine groups is 1. The molecule has 0 bridgehead atoms. The Labute approximate surface area is 240 Å². The Morgan fingerprint density at radius 1 is 0.875 bits per heavy atom. The minimum Gasteiger partial charge on any atom is -0.353 e. The second kappa shape index (κ2) is 12.0. The van der Waals surface area contributed by atoms with E-state index in [-0.39, 0.29) is 43.1 Å². The van der Waals surface area contributed by atoms with Crippen molar-refractivity contribution in [1.29, 1.82) is 0 Å². The number of nitrogens with one attached hydrogen (secondary N) is 3. The van der Waals surface area contributed by atoms with E-state index in [0.717, 1.165) is 29.0 Å². The zero-order valence-electron chi connectivity index (χ0n) is 21.5. The van der Waals surface area contributed by atoms with Gasteiger partial charge in [-0.3, -0.25) is 35.0 Å². The van der Waals surface area contributed by atoms with Gasteiger partial charge in [0.05, 0.1) is 19.4 Å². The molecule has 40 heavy (non-hydrogen) atoms. The average molecular weight is 584 g/mol. The van der Waals surface area contributed by atoms with Gasteiger partial charge < -0.3 is 20.0 Å². The van der Waals surface area contributed by atoms with E-state index in [4.69, 9.17) is 23.2 Å². The number of aliphatic imine (C=N–C) groups is 1. The van der Waals surface area contributed by atoms with Gasteiger partial charge in [-0.2, -0.15) is 0 Å². The van der Waals surface area contributed by atoms with Crippen LogP contribution in [0.1, 0.15) is 11.1 Å². The van der Waals surface area contributed by atoms with Crippen molar-refractivity contribution in [2.45, 2.75) is 12.8 Å². The number of anilines is 2. The van der Waals surface area contributed by atoms with Crippen molar-refractivity contribution in [3.05, 3.63) is 69.7 Å². The van der Waals surface area contributed by atoms with Crippen LogP contribution in [0.4, 0.5) is 11.4 Å². The van der Waals surface area contributed by atoms with Gasteiger partial charge in [0.2, 0.25) is 23.7 Å². The Kier molecular flexibility index (Phi) is 8.22. The largest absolute Gasteiger partial charge is 0.353 e. The maximum absolute atomic E-state index is 12.1. The molecule has 0 radical (unpaired) electrons. The Hall–Kier alpha value is -4.09. The third kappa shape index (κ3) is 6.21. The molecular weight excluding hydrogens is 557 g/mol. The number of guanidine groups is 1. The van der Waals surface area contributed by atoms with Gasteiger partial charge in [-0.25, -0.2) is 0 Å². The third-order valence-corrected chi connectivity index (χ3v) is 7.18. The van der Waals surface area contributed by atoms with Crippen LogP contribution in [-0.4, -0.2) is 73.8 Å². The fraction of sp³-hybridized carbons (Fsp3) is 0.296.